The van der Waals surface area contributed by atoms with Crippen molar-refractivity contribution in [3.05, 3.63) is 12.7 Å². The van der Waals surface area contributed by atoms with E-state index in [0.717, 1.165) is 0 Å². The molecule has 0 aliphatic heterocycles. The molecule has 3 nitrogen and oxygen atoms in total. The number of hydrogen-bond donors (Lipinski definition) is 1. The molecule has 0 rings (SSSR count). The quantitative estimate of drug-likeness (QED) is 0.418. The van der Waals surface area contributed by atoms with Crippen LogP contribution in [0, 0.1) is 0 Å². The Morgan fingerprint density at radius 2 is 1.82 bits per heavy atom. The minimum Gasteiger partial charge on any atom is -0.285 e. The predicted octanol–water partition coefficient (Wildman–Crippen LogP) is 1.31. The fraction of sp³-hybridized carbons (Fsp3) is 0.667. The van der Waals surface area contributed by atoms with Crippen LogP contribution in [0.25, 0.3) is 0 Å². The van der Waals surface area contributed by atoms with Crippen molar-refractivity contribution in [3.63, 3.8) is 0 Å². The summed E-state index contributed by atoms with van der Waals surface area (Å²) >= 11 is 0. The second-order valence-electron chi connectivity index (χ2n) is 3.54. The Bertz CT molecular complexity index is 237. The van der Waals surface area contributed by atoms with Crippen molar-refractivity contribution in [2.75, 3.05) is 0 Å². The maximum Gasteiger partial charge on any atom is 0.268 e. The third-order valence-corrected chi connectivity index (χ3v) is 7.18. The van der Waals surface area contributed by atoms with Gasteiger partial charge in [0.25, 0.3) is 10.1 Å². The molecule has 0 bridgehead atoms. The molecule has 1 atom stereocenters. The number of hydrogen-bond acceptors (Lipinski definition) is 2. The first-order valence-electron chi connectivity index (χ1n) is 3.28. The fourth-order valence-corrected chi connectivity index (χ4v) is 5.45. The zero-order valence-corrected chi connectivity index (χ0v) is 8.85. The summed E-state index contributed by atoms with van der Waals surface area (Å²) in [4.78, 5) is -0.755. The molecule has 0 heterocycles. The van der Waals surface area contributed by atoms with Crippen molar-refractivity contribution in [2.24, 2.45) is 0 Å². The molecule has 1 unspecified atom stereocenters. The summed E-state index contributed by atoms with van der Waals surface area (Å²) in [5.41, 5.74) is 0. The van der Waals surface area contributed by atoms with Gasteiger partial charge in [0.2, 0.25) is 0 Å². The van der Waals surface area contributed by atoms with Crippen molar-refractivity contribution >= 4 is 18.2 Å². The smallest absolute Gasteiger partial charge is 0.268 e. The Hall–Kier alpha value is -0.133. The van der Waals surface area contributed by atoms with Gasteiger partial charge in [0.15, 0.2) is 0 Å². The van der Waals surface area contributed by atoms with Crippen LogP contribution >= 0.6 is 0 Å². The van der Waals surface area contributed by atoms with E-state index in [2.05, 4.69) is 6.58 Å². The lowest BCUT2D eigenvalue weighted by Gasteiger charge is -2.22. The molecule has 0 aromatic rings. The minimum atomic E-state index is -3.93. The van der Waals surface area contributed by atoms with E-state index in [4.69, 9.17) is 4.55 Å². The van der Waals surface area contributed by atoms with Crippen LogP contribution in [0.3, 0.4) is 0 Å². The van der Waals surface area contributed by atoms with Crippen LogP contribution < -0.4 is 0 Å². The first kappa shape index (κ1) is 10.9. The fourth-order valence-electron chi connectivity index (χ4n) is 0.922. The summed E-state index contributed by atoms with van der Waals surface area (Å²) in [6.07, 6.45) is 1.31. The predicted molar refractivity (Wildman–Crippen MR) is 48.9 cm³/mol. The van der Waals surface area contributed by atoms with Crippen molar-refractivity contribution in [1.29, 1.82) is 0 Å². The molecule has 0 aliphatic rings. The minimum absolute atomic E-state index is 0.755. The Morgan fingerprint density at radius 3 is 1.82 bits per heavy atom. The number of rotatable bonds is 3. The van der Waals surface area contributed by atoms with Crippen molar-refractivity contribution < 1.29 is 13.0 Å². The van der Waals surface area contributed by atoms with Gasteiger partial charge in [-0.15, -0.1) is 6.58 Å². The first-order valence-corrected chi connectivity index (χ1v) is 8.36. The van der Waals surface area contributed by atoms with Gasteiger partial charge in [0.05, 0.1) is 12.9 Å². The van der Waals surface area contributed by atoms with Gasteiger partial charge in [-0.1, -0.05) is 25.7 Å². The molecule has 11 heavy (non-hydrogen) atoms. The van der Waals surface area contributed by atoms with E-state index >= 15 is 0 Å². The Kier molecular flexibility index (Phi) is 3.04. The van der Waals surface area contributed by atoms with Gasteiger partial charge < -0.3 is 0 Å². The SMILES string of the molecule is C=CC([Si](C)(C)C)S(=O)(=O)O. The zero-order chi connectivity index (χ0) is 9.28. The molecule has 0 aromatic heterocycles. The molecule has 0 amide bonds. The lowest BCUT2D eigenvalue weighted by molar-refractivity contribution is 0.483. The third kappa shape index (κ3) is 3.18. The van der Waals surface area contributed by atoms with Gasteiger partial charge in [-0.3, -0.25) is 4.55 Å². The maximum absolute atomic E-state index is 10.7. The van der Waals surface area contributed by atoms with Crippen LogP contribution in [0.4, 0.5) is 0 Å². The Morgan fingerprint density at radius 1 is 1.45 bits per heavy atom. The van der Waals surface area contributed by atoms with Gasteiger partial charge in [-0.25, -0.2) is 0 Å². The van der Waals surface area contributed by atoms with E-state index in [9.17, 15) is 8.42 Å². The molecule has 0 saturated carbocycles. The van der Waals surface area contributed by atoms with E-state index in [0.29, 0.717) is 0 Å². The van der Waals surface area contributed by atoms with Gasteiger partial charge in [0, 0.05) is 0 Å². The highest BCUT2D eigenvalue weighted by Crippen LogP contribution is 2.15. The monoisotopic (exact) mass is 194 g/mol. The van der Waals surface area contributed by atoms with Crippen molar-refractivity contribution in [3.8, 4) is 0 Å². The highest BCUT2D eigenvalue weighted by molar-refractivity contribution is 7.88. The summed E-state index contributed by atoms with van der Waals surface area (Å²) in [6.45, 7) is 8.99. The summed E-state index contributed by atoms with van der Waals surface area (Å²) in [7, 11) is -5.81. The van der Waals surface area contributed by atoms with Crippen molar-refractivity contribution in [2.45, 2.75) is 24.5 Å². The molecular formula is C6H14O3SSi. The summed E-state index contributed by atoms with van der Waals surface area (Å²) in [6, 6.07) is 0. The standard InChI is InChI=1S/C6H14O3SSi/c1-5-6(10(7,8)9)11(2,3)4/h5-6H,1H2,2-4H3,(H,7,8,9). The van der Waals surface area contributed by atoms with Crippen LogP contribution in [-0.2, 0) is 10.1 Å². The van der Waals surface area contributed by atoms with Crippen LogP contribution in [0.1, 0.15) is 0 Å². The van der Waals surface area contributed by atoms with Crippen molar-refractivity contribution in [1.82, 2.24) is 0 Å². The highest BCUT2D eigenvalue weighted by atomic mass is 32.2. The molecule has 66 valence electrons. The molecular weight excluding hydrogens is 180 g/mol. The van der Waals surface area contributed by atoms with E-state index in [1.54, 1.807) is 0 Å². The average molecular weight is 194 g/mol. The van der Waals surface area contributed by atoms with E-state index in [-0.39, 0.29) is 0 Å². The second kappa shape index (κ2) is 3.08. The molecule has 0 radical (unpaired) electrons. The van der Waals surface area contributed by atoms with E-state index < -0.39 is 23.1 Å². The molecule has 1 N–H and O–H groups in total. The first-order chi connectivity index (χ1) is 4.69. The van der Waals surface area contributed by atoms with Crippen LogP contribution in [0.5, 0.6) is 0 Å². The molecule has 0 spiro atoms. The lowest BCUT2D eigenvalue weighted by Crippen LogP contribution is -2.42. The van der Waals surface area contributed by atoms with Crippen LogP contribution in [-0.4, -0.2) is 25.9 Å². The van der Waals surface area contributed by atoms with Crippen LogP contribution in [0.15, 0.2) is 12.7 Å². The molecule has 0 fully saturated rings. The Labute approximate surface area is 68.9 Å². The topological polar surface area (TPSA) is 54.4 Å². The highest BCUT2D eigenvalue weighted by Gasteiger charge is 2.33. The zero-order valence-electron chi connectivity index (χ0n) is 7.03. The third-order valence-electron chi connectivity index (χ3n) is 1.39. The van der Waals surface area contributed by atoms with Crippen LogP contribution in [0.2, 0.25) is 19.6 Å². The largest absolute Gasteiger partial charge is 0.285 e. The van der Waals surface area contributed by atoms with Gasteiger partial charge >= 0.3 is 0 Å². The second-order valence-corrected chi connectivity index (χ2v) is 10.8. The molecule has 0 saturated heterocycles. The summed E-state index contributed by atoms with van der Waals surface area (Å²) in [5, 5.41) is 0. The van der Waals surface area contributed by atoms with Gasteiger partial charge in [-0.05, 0) is 0 Å². The van der Waals surface area contributed by atoms with Gasteiger partial charge in [0.1, 0.15) is 0 Å². The maximum atomic E-state index is 10.7. The normalized spacial score (nSPS) is 16.0. The van der Waals surface area contributed by atoms with Gasteiger partial charge in [-0.2, -0.15) is 8.42 Å². The lowest BCUT2D eigenvalue weighted by atomic mass is 10.7. The Balaban J connectivity index is 4.87. The van der Waals surface area contributed by atoms with E-state index in [1.807, 2.05) is 19.6 Å². The van der Waals surface area contributed by atoms with E-state index in [1.165, 1.54) is 6.08 Å². The molecule has 0 aromatic carbocycles. The average Bonchev–Trinajstić information content (AvgIpc) is 1.56. The summed E-state index contributed by atoms with van der Waals surface area (Å²) in [5.74, 6) is 0. The molecule has 5 heteroatoms. The molecule has 0 aliphatic carbocycles. The summed E-state index contributed by atoms with van der Waals surface area (Å²) < 4.78 is 30.2.